The summed E-state index contributed by atoms with van der Waals surface area (Å²) in [5.41, 5.74) is 2.19. The Morgan fingerprint density at radius 3 is 2.45 bits per heavy atom. The van der Waals surface area contributed by atoms with Gasteiger partial charge in [0.15, 0.2) is 0 Å². The maximum Gasteiger partial charge on any atom is 0.123 e. The van der Waals surface area contributed by atoms with E-state index < -0.39 is 0 Å². The van der Waals surface area contributed by atoms with Gasteiger partial charge in [0, 0.05) is 26.2 Å². The number of halogens is 2. The summed E-state index contributed by atoms with van der Waals surface area (Å²) in [5.74, 6) is -0.461. The Kier molecular flexibility index (Phi) is 4.80. The quantitative estimate of drug-likeness (QED) is 0.919. The first-order valence-electron chi connectivity index (χ1n) is 7.67. The monoisotopic (exact) mass is 302 g/mol. The lowest BCUT2D eigenvalue weighted by atomic mass is 9.94. The third-order valence-electron chi connectivity index (χ3n) is 4.14. The zero-order chi connectivity index (χ0) is 15.4. The van der Waals surface area contributed by atoms with Crippen LogP contribution in [0.25, 0.3) is 0 Å². The van der Waals surface area contributed by atoms with Gasteiger partial charge in [0.2, 0.25) is 0 Å². The minimum absolute atomic E-state index is 0.0644. The van der Waals surface area contributed by atoms with Crippen molar-refractivity contribution in [1.82, 2.24) is 10.2 Å². The average molecular weight is 302 g/mol. The Labute approximate surface area is 129 Å². The second-order valence-corrected chi connectivity index (χ2v) is 5.64. The van der Waals surface area contributed by atoms with Crippen LogP contribution in [-0.4, -0.2) is 31.1 Å². The topological polar surface area (TPSA) is 15.3 Å². The van der Waals surface area contributed by atoms with Gasteiger partial charge in [-0.05, 0) is 41.8 Å². The van der Waals surface area contributed by atoms with Crippen molar-refractivity contribution in [2.24, 2.45) is 0 Å². The fourth-order valence-electron chi connectivity index (χ4n) is 3.07. The highest BCUT2D eigenvalue weighted by atomic mass is 19.1. The second-order valence-electron chi connectivity index (χ2n) is 5.64. The van der Waals surface area contributed by atoms with Crippen molar-refractivity contribution in [1.29, 1.82) is 0 Å². The molecule has 22 heavy (non-hydrogen) atoms. The smallest absolute Gasteiger partial charge is 0.123 e. The Bertz CT molecular complexity index is 596. The Hall–Kier alpha value is -1.78. The van der Waals surface area contributed by atoms with Crippen LogP contribution in [0.1, 0.15) is 18.0 Å². The number of rotatable bonds is 3. The third kappa shape index (κ3) is 3.51. The van der Waals surface area contributed by atoms with Crippen molar-refractivity contribution >= 4 is 0 Å². The van der Waals surface area contributed by atoms with Gasteiger partial charge in [-0.3, -0.25) is 4.90 Å². The van der Waals surface area contributed by atoms with Crippen LogP contribution in [0.15, 0.2) is 60.0 Å². The molecule has 1 aliphatic heterocycles. The summed E-state index contributed by atoms with van der Waals surface area (Å²) in [7, 11) is 0. The van der Waals surface area contributed by atoms with Crippen LogP contribution < -0.4 is 5.32 Å². The van der Waals surface area contributed by atoms with E-state index in [-0.39, 0.29) is 17.7 Å². The van der Waals surface area contributed by atoms with E-state index >= 15 is 0 Å². The van der Waals surface area contributed by atoms with Crippen molar-refractivity contribution < 1.29 is 8.78 Å². The Morgan fingerprint density at radius 2 is 1.73 bits per heavy atom. The van der Waals surface area contributed by atoms with Crippen LogP contribution in [0.5, 0.6) is 0 Å². The first kappa shape index (κ1) is 15.1. The van der Waals surface area contributed by atoms with Crippen LogP contribution in [-0.2, 0) is 0 Å². The molecule has 0 amide bonds. The SMILES string of the molecule is FC1=CC=C(C(c2ccc(F)cc2)N2CCNCC2)CC=C1. The van der Waals surface area contributed by atoms with Gasteiger partial charge in [0.05, 0.1) is 6.04 Å². The Balaban J connectivity index is 1.95. The van der Waals surface area contributed by atoms with Crippen LogP contribution >= 0.6 is 0 Å². The van der Waals surface area contributed by atoms with Crippen LogP contribution in [0.3, 0.4) is 0 Å². The summed E-state index contributed by atoms with van der Waals surface area (Å²) in [6, 6.07) is 6.71. The molecule has 0 spiro atoms. The predicted octanol–water partition coefficient (Wildman–Crippen LogP) is 3.51. The summed E-state index contributed by atoms with van der Waals surface area (Å²) in [6.07, 6.45) is 7.44. The van der Waals surface area contributed by atoms with Gasteiger partial charge in [0.1, 0.15) is 11.6 Å². The van der Waals surface area contributed by atoms with Crippen LogP contribution in [0.2, 0.25) is 0 Å². The first-order valence-corrected chi connectivity index (χ1v) is 7.67. The number of nitrogens with zero attached hydrogens (tertiary/aromatic N) is 1. The lowest BCUT2D eigenvalue weighted by Crippen LogP contribution is -2.45. The molecule has 1 atom stereocenters. The molecule has 2 nitrogen and oxygen atoms in total. The van der Waals surface area contributed by atoms with Gasteiger partial charge in [-0.2, -0.15) is 0 Å². The van der Waals surface area contributed by atoms with Gasteiger partial charge < -0.3 is 5.32 Å². The molecular formula is C18H20F2N2. The normalized spacial score (nSPS) is 21.0. The number of nitrogens with one attached hydrogen (secondary N) is 1. The lowest BCUT2D eigenvalue weighted by Gasteiger charge is -2.36. The van der Waals surface area contributed by atoms with Gasteiger partial charge in [-0.1, -0.05) is 24.3 Å². The summed E-state index contributed by atoms with van der Waals surface area (Å²) in [6.45, 7) is 3.72. The molecule has 1 aliphatic carbocycles. The predicted molar refractivity (Wildman–Crippen MR) is 84.6 cm³/mol. The molecule has 0 bridgehead atoms. The zero-order valence-electron chi connectivity index (χ0n) is 12.4. The van der Waals surface area contributed by atoms with E-state index in [0.717, 1.165) is 37.3 Å². The number of hydrogen-bond acceptors (Lipinski definition) is 2. The van der Waals surface area contributed by atoms with Gasteiger partial charge in [-0.25, -0.2) is 8.78 Å². The fourth-order valence-corrected chi connectivity index (χ4v) is 3.07. The van der Waals surface area contributed by atoms with Crippen molar-refractivity contribution in [3.05, 3.63) is 71.4 Å². The molecule has 0 saturated carbocycles. The van der Waals surface area contributed by atoms with E-state index in [1.54, 1.807) is 0 Å². The number of piperazine rings is 1. The lowest BCUT2D eigenvalue weighted by molar-refractivity contribution is 0.194. The van der Waals surface area contributed by atoms with Crippen LogP contribution in [0.4, 0.5) is 8.78 Å². The highest BCUT2D eigenvalue weighted by molar-refractivity contribution is 5.35. The highest BCUT2D eigenvalue weighted by Gasteiger charge is 2.25. The molecule has 116 valence electrons. The van der Waals surface area contributed by atoms with Crippen molar-refractivity contribution in [3.8, 4) is 0 Å². The van der Waals surface area contributed by atoms with E-state index in [0.29, 0.717) is 6.42 Å². The summed E-state index contributed by atoms with van der Waals surface area (Å²) >= 11 is 0. The number of benzene rings is 1. The standard InChI is InChI=1S/C18H20F2N2/c19-16-3-1-2-14(4-7-16)18(22-12-10-21-11-13-22)15-5-8-17(20)9-6-15/h1,3-9,18,21H,2,10-13H2. The van der Waals surface area contributed by atoms with Crippen molar-refractivity contribution in [3.63, 3.8) is 0 Å². The fraction of sp³-hybridized carbons (Fsp3) is 0.333. The molecule has 4 heteroatoms. The minimum Gasteiger partial charge on any atom is -0.314 e. The molecule has 1 aromatic carbocycles. The maximum absolute atomic E-state index is 13.4. The third-order valence-corrected chi connectivity index (χ3v) is 4.14. The number of allylic oxidation sites excluding steroid dienone is 5. The zero-order valence-corrected chi connectivity index (χ0v) is 12.4. The van der Waals surface area contributed by atoms with E-state index in [1.165, 1.54) is 24.3 Å². The summed E-state index contributed by atoms with van der Waals surface area (Å²) in [5, 5.41) is 3.35. The molecule has 0 radical (unpaired) electrons. The molecule has 1 heterocycles. The molecule has 1 saturated heterocycles. The minimum atomic E-state index is -0.233. The largest absolute Gasteiger partial charge is 0.314 e. The van der Waals surface area contributed by atoms with E-state index in [9.17, 15) is 8.78 Å². The molecule has 1 fully saturated rings. The molecule has 3 rings (SSSR count). The maximum atomic E-state index is 13.4. The van der Waals surface area contributed by atoms with Gasteiger partial charge in [-0.15, -0.1) is 0 Å². The molecule has 1 aromatic rings. The second kappa shape index (κ2) is 6.99. The van der Waals surface area contributed by atoms with E-state index in [2.05, 4.69) is 10.2 Å². The van der Waals surface area contributed by atoms with Crippen LogP contribution in [0, 0.1) is 5.82 Å². The van der Waals surface area contributed by atoms with Gasteiger partial charge in [0.25, 0.3) is 0 Å². The van der Waals surface area contributed by atoms with E-state index in [1.807, 2.05) is 24.3 Å². The highest BCUT2D eigenvalue weighted by Crippen LogP contribution is 2.32. The average Bonchev–Trinajstić information content (AvgIpc) is 2.76. The molecule has 1 N–H and O–H groups in total. The van der Waals surface area contributed by atoms with Crippen molar-refractivity contribution in [2.45, 2.75) is 12.5 Å². The molecule has 1 unspecified atom stereocenters. The van der Waals surface area contributed by atoms with Gasteiger partial charge >= 0.3 is 0 Å². The number of hydrogen-bond donors (Lipinski definition) is 1. The first-order chi connectivity index (χ1) is 10.7. The molecule has 0 aromatic heterocycles. The van der Waals surface area contributed by atoms with Crippen molar-refractivity contribution in [2.75, 3.05) is 26.2 Å². The Morgan fingerprint density at radius 1 is 1.00 bits per heavy atom. The van der Waals surface area contributed by atoms with E-state index in [4.69, 9.17) is 0 Å². The summed E-state index contributed by atoms with van der Waals surface area (Å²) in [4.78, 5) is 2.38. The molecular weight excluding hydrogens is 282 g/mol. The summed E-state index contributed by atoms with van der Waals surface area (Å²) < 4.78 is 26.7. The molecule has 2 aliphatic rings.